The lowest BCUT2D eigenvalue weighted by atomic mass is 10.2. The van der Waals surface area contributed by atoms with Gasteiger partial charge in [0.05, 0.1) is 10.6 Å². The highest BCUT2D eigenvalue weighted by Gasteiger charge is 2.12. The van der Waals surface area contributed by atoms with Crippen molar-refractivity contribution in [2.45, 2.75) is 32.6 Å². The molecule has 0 atom stereocenters. The van der Waals surface area contributed by atoms with Gasteiger partial charge in [0.1, 0.15) is 0 Å². The van der Waals surface area contributed by atoms with Crippen LogP contribution in [0.3, 0.4) is 0 Å². The largest absolute Gasteiger partial charge is 0.372 e. The highest BCUT2D eigenvalue weighted by atomic mass is 32.2. The monoisotopic (exact) mass is 424 g/mol. The van der Waals surface area contributed by atoms with Crippen molar-refractivity contribution in [2.24, 2.45) is 10.1 Å². The second kappa shape index (κ2) is 8.85. The third kappa shape index (κ3) is 4.63. The van der Waals surface area contributed by atoms with Crippen LogP contribution < -0.4 is 10.0 Å². The third-order valence-electron chi connectivity index (χ3n) is 5.22. The summed E-state index contributed by atoms with van der Waals surface area (Å²) in [6, 6.07) is 16.9. The first-order valence-corrected chi connectivity index (χ1v) is 11.5. The van der Waals surface area contributed by atoms with Gasteiger partial charge in [0, 0.05) is 47.6 Å². The number of aryl methyl sites for hydroxylation is 1. The lowest BCUT2D eigenvalue weighted by Gasteiger charge is -2.20. The van der Waals surface area contributed by atoms with Gasteiger partial charge in [0.15, 0.2) is 0 Å². The van der Waals surface area contributed by atoms with Crippen LogP contribution in [0.15, 0.2) is 64.5 Å². The molecule has 0 radical (unpaired) electrons. The maximum atomic E-state index is 11.5. The van der Waals surface area contributed by atoms with Gasteiger partial charge in [-0.15, -0.1) is 0 Å². The molecule has 30 heavy (non-hydrogen) atoms. The van der Waals surface area contributed by atoms with Gasteiger partial charge in [-0.25, -0.2) is 13.6 Å². The van der Waals surface area contributed by atoms with Gasteiger partial charge in [0.25, 0.3) is 0 Å². The number of rotatable bonds is 7. The maximum absolute atomic E-state index is 11.5. The first-order valence-electron chi connectivity index (χ1n) is 9.95. The molecule has 0 aliphatic rings. The molecule has 2 N–H and O–H groups in total. The van der Waals surface area contributed by atoms with Gasteiger partial charge in [-0.1, -0.05) is 0 Å². The topological polar surface area (TPSA) is 80.7 Å². The van der Waals surface area contributed by atoms with Crippen LogP contribution in [0.4, 0.5) is 11.4 Å². The molecule has 0 fully saturated rings. The van der Waals surface area contributed by atoms with Crippen LogP contribution in [0, 0.1) is 13.8 Å². The normalized spacial score (nSPS) is 11.9. The molecule has 6 nitrogen and oxygen atoms in total. The molecule has 0 unspecified atom stereocenters. The molecule has 0 bridgehead atoms. The van der Waals surface area contributed by atoms with Crippen molar-refractivity contribution in [3.8, 4) is 5.69 Å². The zero-order valence-electron chi connectivity index (χ0n) is 17.8. The minimum absolute atomic E-state index is 0.101. The number of aliphatic imine (C=N–C) groups is 1. The number of hydrogen-bond acceptors (Lipinski definition) is 4. The van der Waals surface area contributed by atoms with Crippen LogP contribution in [0.5, 0.6) is 0 Å². The Morgan fingerprint density at radius 1 is 1.00 bits per heavy atom. The molecule has 1 heterocycles. The number of nitrogens with two attached hydrogens (primary N) is 1. The SMILES string of the molecule is CCN(CC)c1ccc(N=Cc2cc(C)n(-c3ccc(S(N)(=O)=O)cc3)c2C)cc1. The molecule has 0 amide bonds. The van der Waals surface area contributed by atoms with Gasteiger partial charge in [-0.3, -0.25) is 4.99 Å². The Bertz CT molecular complexity index is 1140. The van der Waals surface area contributed by atoms with Crippen LogP contribution in [0.25, 0.3) is 5.69 Å². The number of hydrogen-bond donors (Lipinski definition) is 1. The van der Waals surface area contributed by atoms with Crippen LogP contribution in [-0.4, -0.2) is 32.3 Å². The molecule has 0 saturated heterocycles. The Morgan fingerprint density at radius 2 is 1.60 bits per heavy atom. The zero-order chi connectivity index (χ0) is 21.9. The van der Waals surface area contributed by atoms with Crippen molar-refractivity contribution >= 4 is 27.6 Å². The summed E-state index contributed by atoms with van der Waals surface area (Å²) in [5.41, 5.74) is 6.04. The summed E-state index contributed by atoms with van der Waals surface area (Å²) >= 11 is 0. The molecule has 158 valence electrons. The van der Waals surface area contributed by atoms with Crippen molar-refractivity contribution in [1.29, 1.82) is 0 Å². The fraction of sp³-hybridized carbons (Fsp3) is 0.261. The zero-order valence-corrected chi connectivity index (χ0v) is 18.6. The van der Waals surface area contributed by atoms with E-state index in [1.165, 1.54) is 17.8 Å². The van der Waals surface area contributed by atoms with E-state index in [1.807, 2.05) is 32.2 Å². The standard InChI is InChI=1S/C23H28N4O2S/c1-5-26(6-2)21-9-7-20(8-10-21)25-16-19-15-17(3)27(18(19)4)22-11-13-23(14-12-22)30(24,28)29/h7-16H,5-6H2,1-4H3,(H2,24,28,29). The van der Waals surface area contributed by atoms with E-state index in [0.717, 1.165) is 41.4 Å². The number of anilines is 1. The van der Waals surface area contributed by atoms with E-state index in [4.69, 9.17) is 5.14 Å². The quantitative estimate of drug-likeness (QED) is 0.573. The molecular formula is C23H28N4O2S. The number of aromatic nitrogens is 1. The minimum atomic E-state index is -3.70. The van der Waals surface area contributed by atoms with Crippen LogP contribution >= 0.6 is 0 Å². The van der Waals surface area contributed by atoms with E-state index >= 15 is 0 Å². The first-order chi connectivity index (χ1) is 14.2. The second-order valence-electron chi connectivity index (χ2n) is 7.15. The van der Waals surface area contributed by atoms with E-state index in [0.29, 0.717) is 0 Å². The smallest absolute Gasteiger partial charge is 0.238 e. The predicted octanol–water partition coefficient (Wildman–Crippen LogP) is 4.34. The number of primary sulfonamides is 1. The van der Waals surface area contributed by atoms with Gasteiger partial charge in [-0.05, 0) is 82.3 Å². The molecule has 2 aromatic carbocycles. The van der Waals surface area contributed by atoms with Crippen molar-refractivity contribution in [1.82, 2.24) is 4.57 Å². The average molecular weight is 425 g/mol. The van der Waals surface area contributed by atoms with Crippen LogP contribution in [-0.2, 0) is 10.0 Å². The predicted molar refractivity (Wildman–Crippen MR) is 124 cm³/mol. The lowest BCUT2D eigenvalue weighted by Crippen LogP contribution is -2.21. The van der Waals surface area contributed by atoms with Gasteiger partial charge >= 0.3 is 0 Å². The van der Waals surface area contributed by atoms with E-state index in [-0.39, 0.29) is 4.90 Å². The van der Waals surface area contributed by atoms with Crippen molar-refractivity contribution in [3.63, 3.8) is 0 Å². The van der Waals surface area contributed by atoms with Gasteiger partial charge in [0.2, 0.25) is 10.0 Å². The highest BCUT2D eigenvalue weighted by molar-refractivity contribution is 7.89. The van der Waals surface area contributed by atoms with E-state index < -0.39 is 10.0 Å². The Labute approximate surface area is 178 Å². The summed E-state index contributed by atoms with van der Waals surface area (Å²) in [5, 5.41) is 5.19. The lowest BCUT2D eigenvalue weighted by molar-refractivity contribution is 0.598. The Morgan fingerprint density at radius 3 is 2.13 bits per heavy atom. The summed E-state index contributed by atoms with van der Waals surface area (Å²) in [6.07, 6.45) is 1.87. The molecule has 0 aliphatic heterocycles. The van der Waals surface area contributed by atoms with Gasteiger partial charge < -0.3 is 9.47 Å². The Balaban J connectivity index is 1.85. The van der Waals surface area contributed by atoms with Crippen LogP contribution in [0.1, 0.15) is 30.8 Å². The Hall–Kier alpha value is -2.90. The Kier molecular flexibility index (Phi) is 6.43. The summed E-state index contributed by atoms with van der Waals surface area (Å²) in [4.78, 5) is 7.03. The molecule has 3 rings (SSSR count). The van der Waals surface area contributed by atoms with Gasteiger partial charge in [-0.2, -0.15) is 0 Å². The molecule has 3 aromatic rings. The van der Waals surface area contributed by atoms with Crippen molar-refractivity contribution in [3.05, 3.63) is 71.5 Å². The van der Waals surface area contributed by atoms with E-state index in [9.17, 15) is 8.42 Å². The maximum Gasteiger partial charge on any atom is 0.238 e. The molecule has 0 spiro atoms. The molecule has 7 heteroatoms. The number of sulfonamides is 1. The molecule has 0 saturated carbocycles. The van der Waals surface area contributed by atoms with Crippen LogP contribution in [0.2, 0.25) is 0 Å². The number of nitrogens with zero attached hydrogens (tertiary/aromatic N) is 3. The van der Waals surface area contributed by atoms with E-state index in [2.05, 4.69) is 46.5 Å². The second-order valence-corrected chi connectivity index (χ2v) is 8.71. The van der Waals surface area contributed by atoms with Crippen molar-refractivity contribution in [2.75, 3.05) is 18.0 Å². The molecule has 1 aromatic heterocycles. The summed E-state index contributed by atoms with van der Waals surface area (Å²) < 4.78 is 25.0. The molecule has 0 aliphatic carbocycles. The van der Waals surface area contributed by atoms with E-state index in [1.54, 1.807) is 12.1 Å². The minimum Gasteiger partial charge on any atom is -0.372 e. The third-order valence-corrected chi connectivity index (χ3v) is 6.15. The summed E-state index contributed by atoms with van der Waals surface area (Å²) in [5.74, 6) is 0. The number of benzene rings is 2. The fourth-order valence-electron chi connectivity index (χ4n) is 3.58. The first kappa shape index (κ1) is 21.8. The van der Waals surface area contributed by atoms with Crippen molar-refractivity contribution < 1.29 is 8.42 Å². The summed E-state index contributed by atoms with van der Waals surface area (Å²) in [6.45, 7) is 10.3. The fourth-order valence-corrected chi connectivity index (χ4v) is 4.10. The summed E-state index contributed by atoms with van der Waals surface area (Å²) in [7, 11) is -3.70. The average Bonchev–Trinajstić information content (AvgIpc) is 3.01. The highest BCUT2D eigenvalue weighted by Crippen LogP contribution is 2.23. The molecular weight excluding hydrogens is 396 g/mol.